The van der Waals surface area contributed by atoms with Crippen LogP contribution in [0.2, 0.25) is 0 Å². The molecule has 0 bridgehead atoms. The molecule has 2 rings (SSSR count). The predicted octanol–water partition coefficient (Wildman–Crippen LogP) is 3.68. The monoisotopic (exact) mass is 353 g/mol. The molecule has 1 N–H and O–H groups in total. The van der Waals surface area contributed by atoms with Gasteiger partial charge in [-0.3, -0.25) is 4.79 Å². The van der Waals surface area contributed by atoms with Crippen LogP contribution >= 0.6 is 0 Å². The molecule has 0 atom stereocenters. The Bertz CT molecular complexity index is 722. The number of hydrogen-bond acceptors (Lipinski definition) is 3. The zero-order valence-corrected chi connectivity index (χ0v) is 13.6. The molecule has 2 aromatic carbocycles. The van der Waals surface area contributed by atoms with Gasteiger partial charge in [-0.15, -0.1) is 0 Å². The number of rotatable bonds is 8. The molecule has 0 radical (unpaired) electrons. The van der Waals surface area contributed by atoms with Crippen LogP contribution in [0.5, 0.6) is 11.5 Å². The summed E-state index contributed by atoms with van der Waals surface area (Å²) in [6.45, 7) is -2.86. The van der Waals surface area contributed by atoms with Crippen molar-refractivity contribution in [2.45, 2.75) is 26.0 Å². The molecular weight excluding hydrogens is 335 g/mol. The van der Waals surface area contributed by atoms with E-state index in [1.807, 2.05) is 0 Å². The van der Waals surface area contributed by atoms with Crippen molar-refractivity contribution >= 4 is 5.91 Å². The molecule has 2 aromatic rings. The van der Waals surface area contributed by atoms with E-state index >= 15 is 0 Å². The minimum absolute atomic E-state index is 0.0232. The third-order valence-electron chi connectivity index (χ3n) is 3.52. The summed E-state index contributed by atoms with van der Waals surface area (Å²) < 4.78 is 47.5. The molecule has 25 heavy (non-hydrogen) atoms. The van der Waals surface area contributed by atoms with Crippen molar-refractivity contribution in [3.63, 3.8) is 0 Å². The van der Waals surface area contributed by atoms with Gasteiger partial charge in [0.25, 0.3) is 0 Å². The van der Waals surface area contributed by atoms with E-state index in [2.05, 4.69) is 10.1 Å². The molecule has 7 heteroatoms. The van der Waals surface area contributed by atoms with Crippen molar-refractivity contribution in [1.29, 1.82) is 0 Å². The van der Waals surface area contributed by atoms with Crippen molar-refractivity contribution in [2.75, 3.05) is 7.11 Å². The number of benzene rings is 2. The van der Waals surface area contributed by atoms with Crippen molar-refractivity contribution in [3.8, 4) is 11.5 Å². The molecule has 0 saturated heterocycles. The van der Waals surface area contributed by atoms with Gasteiger partial charge in [0, 0.05) is 18.5 Å². The predicted molar refractivity (Wildman–Crippen MR) is 86.2 cm³/mol. The van der Waals surface area contributed by atoms with Gasteiger partial charge in [-0.05, 0) is 30.2 Å². The lowest BCUT2D eigenvalue weighted by Gasteiger charge is -2.11. The van der Waals surface area contributed by atoms with Gasteiger partial charge in [0.2, 0.25) is 5.91 Å². The highest BCUT2D eigenvalue weighted by atomic mass is 19.3. The smallest absolute Gasteiger partial charge is 0.387 e. The molecule has 134 valence electrons. The zero-order chi connectivity index (χ0) is 18.2. The van der Waals surface area contributed by atoms with E-state index in [1.54, 1.807) is 24.3 Å². The average molecular weight is 353 g/mol. The van der Waals surface area contributed by atoms with Gasteiger partial charge >= 0.3 is 6.61 Å². The molecule has 1 amide bonds. The molecule has 0 saturated carbocycles. The third kappa shape index (κ3) is 5.70. The van der Waals surface area contributed by atoms with Crippen LogP contribution in [-0.2, 0) is 17.8 Å². The summed E-state index contributed by atoms with van der Waals surface area (Å²) in [7, 11) is 1.38. The van der Waals surface area contributed by atoms with Gasteiger partial charge in [-0.1, -0.05) is 24.3 Å². The van der Waals surface area contributed by atoms with Crippen LogP contribution in [0.1, 0.15) is 17.5 Å². The lowest BCUT2D eigenvalue weighted by atomic mass is 10.1. The van der Waals surface area contributed by atoms with E-state index in [9.17, 15) is 18.0 Å². The van der Waals surface area contributed by atoms with Crippen molar-refractivity contribution < 1.29 is 27.4 Å². The molecule has 0 unspecified atom stereocenters. The molecule has 0 fully saturated rings. The Labute approximate surface area is 143 Å². The van der Waals surface area contributed by atoms with Crippen LogP contribution in [0.4, 0.5) is 13.2 Å². The highest BCUT2D eigenvalue weighted by Gasteiger charge is 2.10. The van der Waals surface area contributed by atoms with Crippen LogP contribution in [0.25, 0.3) is 0 Å². The maximum atomic E-state index is 13.6. The Morgan fingerprint density at radius 1 is 1.16 bits per heavy atom. The Kier molecular flexibility index (Phi) is 6.68. The normalized spacial score (nSPS) is 10.6. The third-order valence-corrected chi connectivity index (χ3v) is 3.52. The van der Waals surface area contributed by atoms with Gasteiger partial charge in [0.1, 0.15) is 5.75 Å². The van der Waals surface area contributed by atoms with Crippen LogP contribution < -0.4 is 14.8 Å². The molecule has 0 aliphatic carbocycles. The minimum atomic E-state index is -2.93. The number of amides is 1. The quantitative estimate of drug-likeness (QED) is 0.787. The second kappa shape index (κ2) is 8.96. The Balaban J connectivity index is 1.86. The Morgan fingerprint density at radius 2 is 1.92 bits per heavy atom. The van der Waals surface area contributed by atoms with E-state index in [4.69, 9.17) is 4.74 Å². The first-order valence-electron chi connectivity index (χ1n) is 7.61. The number of para-hydroxylation sites is 1. The van der Waals surface area contributed by atoms with E-state index in [-0.39, 0.29) is 30.4 Å². The maximum absolute atomic E-state index is 13.6. The van der Waals surface area contributed by atoms with Crippen LogP contribution in [-0.4, -0.2) is 19.6 Å². The molecular formula is C18H18F3NO3. The number of hydrogen-bond donors (Lipinski definition) is 1. The lowest BCUT2D eigenvalue weighted by molar-refractivity contribution is -0.121. The van der Waals surface area contributed by atoms with Gasteiger partial charge in [-0.2, -0.15) is 8.78 Å². The molecule has 0 aromatic heterocycles. The Hall–Kier alpha value is -2.70. The minimum Gasteiger partial charge on any atom is -0.494 e. The zero-order valence-electron chi connectivity index (χ0n) is 13.6. The first kappa shape index (κ1) is 18.6. The van der Waals surface area contributed by atoms with Gasteiger partial charge < -0.3 is 14.8 Å². The summed E-state index contributed by atoms with van der Waals surface area (Å²) in [5.41, 5.74) is 1.11. The number of halogens is 3. The van der Waals surface area contributed by atoms with Crippen molar-refractivity contribution in [2.24, 2.45) is 0 Å². The van der Waals surface area contributed by atoms with E-state index in [0.29, 0.717) is 17.5 Å². The second-order valence-corrected chi connectivity index (χ2v) is 5.23. The number of methoxy groups -OCH3 is 1. The van der Waals surface area contributed by atoms with E-state index < -0.39 is 12.4 Å². The number of alkyl halides is 2. The summed E-state index contributed by atoms with van der Waals surface area (Å²) in [5.74, 6) is -0.597. The summed E-state index contributed by atoms with van der Waals surface area (Å²) in [5, 5.41) is 2.64. The molecule has 0 spiro atoms. The highest BCUT2D eigenvalue weighted by Crippen LogP contribution is 2.20. The number of carbonyl (C=O) groups is 1. The van der Waals surface area contributed by atoms with Gasteiger partial charge in [-0.25, -0.2) is 4.39 Å². The average Bonchev–Trinajstić information content (AvgIpc) is 2.59. The molecule has 4 nitrogen and oxygen atoms in total. The van der Waals surface area contributed by atoms with Crippen LogP contribution in [0.15, 0.2) is 42.5 Å². The van der Waals surface area contributed by atoms with Gasteiger partial charge in [0.05, 0.1) is 7.11 Å². The molecule has 0 aliphatic rings. The number of nitrogens with one attached hydrogen (secondary N) is 1. The summed E-state index contributed by atoms with van der Waals surface area (Å²) in [6.07, 6.45) is 0.492. The van der Waals surface area contributed by atoms with Crippen LogP contribution in [0, 0.1) is 5.82 Å². The fourth-order valence-electron chi connectivity index (χ4n) is 2.27. The number of ether oxygens (including phenoxy) is 2. The summed E-state index contributed by atoms with van der Waals surface area (Å²) in [4.78, 5) is 11.9. The second-order valence-electron chi connectivity index (χ2n) is 5.23. The molecule has 0 aliphatic heterocycles. The number of carbonyl (C=O) groups excluding carboxylic acids is 1. The largest absolute Gasteiger partial charge is 0.494 e. The first-order valence-corrected chi connectivity index (χ1v) is 7.61. The summed E-state index contributed by atoms with van der Waals surface area (Å²) >= 11 is 0. The fraction of sp³-hybridized carbons (Fsp3) is 0.278. The van der Waals surface area contributed by atoms with Crippen LogP contribution in [0.3, 0.4) is 0 Å². The maximum Gasteiger partial charge on any atom is 0.387 e. The van der Waals surface area contributed by atoms with E-state index in [0.717, 1.165) is 0 Å². The Morgan fingerprint density at radius 3 is 2.60 bits per heavy atom. The van der Waals surface area contributed by atoms with Crippen molar-refractivity contribution in [3.05, 3.63) is 59.4 Å². The van der Waals surface area contributed by atoms with Gasteiger partial charge in [0.15, 0.2) is 11.6 Å². The van der Waals surface area contributed by atoms with Crippen molar-refractivity contribution in [1.82, 2.24) is 5.32 Å². The SMILES string of the molecule is COc1ccc(CCC(=O)NCc2ccccc2OC(F)F)cc1F. The standard InChI is InChI=1S/C18H18F3NO3/c1-24-16-8-6-12(10-14(16)19)7-9-17(23)22-11-13-4-2-3-5-15(13)25-18(20)21/h2-6,8,10,18H,7,9,11H2,1H3,(H,22,23). The molecule has 0 heterocycles. The lowest BCUT2D eigenvalue weighted by Crippen LogP contribution is -2.23. The fourth-order valence-corrected chi connectivity index (χ4v) is 2.27. The first-order chi connectivity index (χ1) is 12.0. The topological polar surface area (TPSA) is 47.6 Å². The van der Waals surface area contributed by atoms with E-state index in [1.165, 1.54) is 25.3 Å². The summed E-state index contributed by atoms with van der Waals surface area (Å²) in [6, 6.07) is 10.7. The highest BCUT2D eigenvalue weighted by molar-refractivity contribution is 5.76. The number of aryl methyl sites for hydroxylation is 1.